The van der Waals surface area contributed by atoms with Crippen molar-refractivity contribution in [3.8, 4) is 16.5 Å². The first-order valence-corrected chi connectivity index (χ1v) is 16.2. The number of thioether (sulfide) groups is 1. The molecule has 212 valence electrons. The number of nitrogens with one attached hydrogen (secondary N) is 1. The van der Waals surface area contributed by atoms with Crippen molar-refractivity contribution >= 4 is 40.0 Å². The summed E-state index contributed by atoms with van der Waals surface area (Å²) in [4.78, 5) is 32.0. The van der Waals surface area contributed by atoms with Crippen LogP contribution >= 0.6 is 23.1 Å². The third-order valence-electron chi connectivity index (χ3n) is 7.96. The number of hydrogen-bond donors (Lipinski definition) is 1. The first-order valence-electron chi connectivity index (χ1n) is 14.4. The summed E-state index contributed by atoms with van der Waals surface area (Å²) in [6.45, 7) is 2.05. The summed E-state index contributed by atoms with van der Waals surface area (Å²) in [5.41, 5.74) is 7.87. The number of aryl methyl sites for hydroxylation is 2. The Bertz CT molecular complexity index is 1690. The lowest BCUT2D eigenvalue weighted by atomic mass is 9.82. The van der Waals surface area contributed by atoms with Gasteiger partial charge in [-0.3, -0.25) is 4.79 Å². The summed E-state index contributed by atoms with van der Waals surface area (Å²) in [5, 5.41) is 14.1. The van der Waals surface area contributed by atoms with Crippen LogP contribution in [0.2, 0.25) is 0 Å². The molecule has 1 unspecified atom stereocenters. The van der Waals surface area contributed by atoms with E-state index in [9.17, 15) is 14.9 Å². The van der Waals surface area contributed by atoms with Crippen LogP contribution in [0.25, 0.3) is 10.4 Å². The van der Waals surface area contributed by atoms with Gasteiger partial charge in [-0.05, 0) is 78.8 Å². The Morgan fingerprint density at radius 3 is 2.71 bits per heavy atom. The second-order valence-corrected chi connectivity index (χ2v) is 12.7. The number of carbonyl (C=O) groups is 2. The smallest absolute Gasteiger partial charge is 0.341 e. The molecule has 2 aromatic carbocycles. The Morgan fingerprint density at radius 1 is 1.10 bits per heavy atom. The number of rotatable bonds is 8. The fourth-order valence-electron chi connectivity index (χ4n) is 5.92. The average Bonchev–Trinajstić information content (AvgIpc) is 3.39. The van der Waals surface area contributed by atoms with Crippen molar-refractivity contribution in [1.29, 1.82) is 5.26 Å². The molecule has 0 radical (unpaired) electrons. The molecular formula is C34H31N3O3S2. The average molecular weight is 594 g/mol. The van der Waals surface area contributed by atoms with Gasteiger partial charge in [0, 0.05) is 22.7 Å². The Morgan fingerprint density at radius 2 is 1.90 bits per heavy atom. The van der Waals surface area contributed by atoms with Crippen molar-refractivity contribution in [1.82, 2.24) is 4.98 Å². The maximum absolute atomic E-state index is 13.1. The molecule has 0 saturated heterocycles. The molecule has 6 nitrogen and oxygen atoms in total. The van der Waals surface area contributed by atoms with Crippen LogP contribution in [0.3, 0.4) is 0 Å². The van der Waals surface area contributed by atoms with Crippen LogP contribution in [0, 0.1) is 11.3 Å². The summed E-state index contributed by atoms with van der Waals surface area (Å²) < 4.78 is 5.38. The maximum Gasteiger partial charge on any atom is 0.341 e. The summed E-state index contributed by atoms with van der Waals surface area (Å²) in [6, 6.07) is 23.0. The van der Waals surface area contributed by atoms with Gasteiger partial charge in [0.05, 0.1) is 17.7 Å². The number of amides is 1. The molecule has 2 heterocycles. The number of pyridine rings is 1. The van der Waals surface area contributed by atoms with Gasteiger partial charge in [-0.15, -0.1) is 23.1 Å². The summed E-state index contributed by atoms with van der Waals surface area (Å²) in [6.07, 6.45) is 4.59. The zero-order chi connectivity index (χ0) is 29.1. The number of thiophene rings is 1. The van der Waals surface area contributed by atoms with Gasteiger partial charge in [-0.2, -0.15) is 5.26 Å². The molecule has 1 atom stereocenters. The third kappa shape index (κ3) is 5.72. The minimum atomic E-state index is -0.398. The van der Waals surface area contributed by atoms with Gasteiger partial charge >= 0.3 is 5.97 Å². The van der Waals surface area contributed by atoms with Crippen LogP contribution in [0.1, 0.15) is 69.6 Å². The van der Waals surface area contributed by atoms with E-state index in [0.717, 1.165) is 59.4 Å². The second kappa shape index (κ2) is 12.5. The van der Waals surface area contributed by atoms with Gasteiger partial charge in [-0.1, -0.05) is 54.6 Å². The Hall–Kier alpha value is -3.93. The molecule has 2 aliphatic carbocycles. The molecule has 0 fully saturated rings. The lowest BCUT2D eigenvalue weighted by molar-refractivity contribution is -0.115. The van der Waals surface area contributed by atoms with Crippen molar-refractivity contribution in [2.45, 2.75) is 56.4 Å². The van der Waals surface area contributed by atoms with E-state index in [-0.39, 0.29) is 18.9 Å². The van der Waals surface area contributed by atoms with Gasteiger partial charge < -0.3 is 10.1 Å². The van der Waals surface area contributed by atoms with Gasteiger partial charge in [0.2, 0.25) is 5.91 Å². The number of carbonyl (C=O) groups excluding carboxylic acids is 2. The molecular weight excluding hydrogens is 563 g/mol. The number of fused-ring (bicyclic) bond motifs is 4. The van der Waals surface area contributed by atoms with Crippen molar-refractivity contribution < 1.29 is 14.3 Å². The quantitative estimate of drug-likeness (QED) is 0.170. The van der Waals surface area contributed by atoms with E-state index in [1.165, 1.54) is 34.2 Å². The minimum Gasteiger partial charge on any atom is -0.462 e. The summed E-state index contributed by atoms with van der Waals surface area (Å²) in [7, 11) is 0. The van der Waals surface area contributed by atoms with Crippen LogP contribution in [-0.2, 0) is 35.2 Å². The number of aromatic nitrogens is 1. The highest BCUT2D eigenvalue weighted by molar-refractivity contribution is 7.99. The van der Waals surface area contributed by atoms with Gasteiger partial charge in [-0.25, -0.2) is 9.78 Å². The van der Waals surface area contributed by atoms with Crippen LogP contribution in [0.5, 0.6) is 0 Å². The SMILES string of the molecule is CCOC(=O)c1c(NC(=O)CCSc2nc3c(cc2C#N)CC(c2ccccc2)CC3)sc2c1CCc1ccccc1-2. The summed E-state index contributed by atoms with van der Waals surface area (Å²) in [5.74, 6) is 0.333. The largest absolute Gasteiger partial charge is 0.462 e. The van der Waals surface area contributed by atoms with E-state index in [2.05, 4.69) is 47.8 Å². The van der Waals surface area contributed by atoms with E-state index in [4.69, 9.17) is 9.72 Å². The van der Waals surface area contributed by atoms with Crippen LogP contribution in [0.4, 0.5) is 5.00 Å². The topological polar surface area (TPSA) is 92.1 Å². The number of nitriles is 1. The Balaban J connectivity index is 1.14. The van der Waals surface area contributed by atoms with E-state index in [1.807, 2.05) is 24.3 Å². The number of anilines is 1. The van der Waals surface area contributed by atoms with Gasteiger partial charge in [0.15, 0.2) is 0 Å². The van der Waals surface area contributed by atoms with Crippen LogP contribution in [-0.4, -0.2) is 29.2 Å². The lowest BCUT2D eigenvalue weighted by Crippen LogP contribution is -2.16. The molecule has 0 bridgehead atoms. The lowest BCUT2D eigenvalue weighted by Gasteiger charge is -2.25. The Labute approximate surface area is 254 Å². The monoisotopic (exact) mass is 593 g/mol. The van der Waals surface area contributed by atoms with Gasteiger partial charge in [0.1, 0.15) is 16.1 Å². The normalized spacial score (nSPS) is 15.1. The first-order chi connectivity index (χ1) is 20.6. The fraction of sp³-hybridized carbons (Fsp3) is 0.294. The molecule has 6 rings (SSSR count). The fourth-order valence-corrected chi connectivity index (χ4v) is 8.15. The van der Waals surface area contributed by atoms with Crippen LogP contribution in [0.15, 0.2) is 65.7 Å². The Kier molecular flexibility index (Phi) is 8.41. The molecule has 1 N–H and O–H groups in total. The third-order valence-corrected chi connectivity index (χ3v) is 10.1. The first kappa shape index (κ1) is 28.2. The molecule has 0 aliphatic heterocycles. The molecule has 42 heavy (non-hydrogen) atoms. The molecule has 1 amide bonds. The molecule has 2 aromatic heterocycles. The van der Waals surface area contributed by atoms with E-state index in [0.29, 0.717) is 32.8 Å². The van der Waals surface area contributed by atoms with E-state index in [1.54, 1.807) is 6.92 Å². The predicted molar refractivity (Wildman–Crippen MR) is 167 cm³/mol. The number of nitrogens with zero attached hydrogens (tertiary/aromatic N) is 2. The number of esters is 1. The van der Waals surface area contributed by atoms with E-state index < -0.39 is 5.97 Å². The maximum atomic E-state index is 13.1. The number of ether oxygens (including phenoxy) is 1. The molecule has 4 aromatic rings. The van der Waals surface area contributed by atoms with Gasteiger partial charge in [0.25, 0.3) is 0 Å². The minimum absolute atomic E-state index is 0.179. The van der Waals surface area contributed by atoms with Crippen molar-refractivity contribution in [3.05, 3.63) is 99.7 Å². The number of hydrogen-bond acceptors (Lipinski definition) is 7. The molecule has 0 spiro atoms. The standard InChI is InChI=1S/C34H31N3O3S2/c1-2-40-34(39)30-27-14-12-22-10-6-7-11-26(22)31(27)42-33(30)37-29(38)16-17-41-32-25(20-35)19-24-18-23(13-15-28(24)36-32)21-8-4-3-5-9-21/h3-11,19,23H,2,12-18H2,1H3,(H,37,38). The van der Waals surface area contributed by atoms with Crippen molar-refractivity contribution in [2.24, 2.45) is 0 Å². The van der Waals surface area contributed by atoms with Crippen molar-refractivity contribution in [3.63, 3.8) is 0 Å². The zero-order valence-corrected chi connectivity index (χ0v) is 25.1. The molecule has 0 saturated carbocycles. The highest BCUT2D eigenvalue weighted by Gasteiger charge is 2.30. The predicted octanol–water partition coefficient (Wildman–Crippen LogP) is 7.35. The highest BCUT2D eigenvalue weighted by Crippen LogP contribution is 2.45. The molecule has 8 heteroatoms. The van der Waals surface area contributed by atoms with Crippen LogP contribution < -0.4 is 5.32 Å². The highest BCUT2D eigenvalue weighted by atomic mass is 32.2. The second-order valence-electron chi connectivity index (χ2n) is 10.5. The zero-order valence-electron chi connectivity index (χ0n) is 23.4. The van der Waals surface area contributed by atoms with Crippen molar-refractivity contribution in [2.75, 3.05) is 17.7 Å². The summed E-state index contributed by atoms with van der Waals surface area (Å²) >= 11 is 2.88. The number of benzene rings is 2. The van der Waals surface area contributed by atoms with E-state index >= 15 is 0 Å². The molecule has 2 aliphatic rings.